The summed E-state index contributed by atoms with van der Waals surface area (Å²) in [6, 6.07) is 5.21. The lowest BCUT2D eigenvalue weighted by atomic mass is 9.93. The van der Waals surface area contributed by atoms with Gasteiger partial charge in [-0.2, -0.15) is 13.2 Å². The van der Waals surface area contributed by atoms with E-state index in [1.165, 1.54) is 24.0 Å². The van der Waals surface area contributed by atoms with Crippen LogP contribution in [-0.4, -0.2) is 40.3 Å². The number of nitrogens with two attached hydrogens (primary N) is 1. The van der Waals surface area contributed by atoms with Crippen molar-refractivity contribution in [1.29, 1.82) is 0 Å². The summed E-state index contributed by atoms with van der Waals surface area (Å²) < 4.78 is 52.5. The minimum Gasteiger partial charge on any atom is -0.328 e. The number of aromatic nitrogens is 1. The minimum absolute atomic E-state index is 0.0255. The number of amides is 2. The maximum atomic E-state index is 14.3. The number of anilines is 1. The zero-order valence-electron chi connectivity index (χ0n) is 15.7. The number of piperazine rings is 1. The Kier molecular flexibility index (Phi) is 5.74. The summed E-state index contributed by atoms with van der Waals surface area (Å²) in [6.45, 7) is 0.489. The lowest BCUT2D eigenvalue weighted by molar-refractivity contribution is -0.150. The van der Waals surface area contributed by atoms with Crippen LogP contribution in [0.15, 0.2) is 36.5 Å². The molecule has 1 fully saturated rings. The Labute approximate surface area is 174 Å². The van der Waals surface area contributed by atoms with Crippen LogP contribution in [0, 0.1) is 5.82 Å². The van der Waals surface area contributed by atoms with E-state index in [2.05, 4.69) is 4.98 Å². The summed E-state index contributed by atoms with van der Waals surface area (Å²) in [5, 5.41) is 0.0255. The molecule has 1 aliphatic rings. The second-order valence-electron chi connectivity index (χ2n) is 7.00. The quantitative estimate of drug-likeness (QED) is 0.735. The first kappa shape index (κ1) is 22.0. The molecule has 0 spiro atoms. The molecule has 1 aliphatic heterocycles. The van der Waals surface area contributed by atoms with Gasteiger partial charge in [0, 0.05) is 19.3 Å². The molecule has 0 radical (unpaired) electrons. The van der Waals surface area contributed by atoms with Crippen LogP contribution in [0.4, 0.5) is 23.4 Å². The number of hydrogen-bond acceptors (Lipinski definition) is 4. The number of carbonyl (C=O) groups is 2. The van der Waals surface area contributed by atoms with Gasteiger partial charge in [-0.1, -0.05) is 23.7 Å². The average molecular weight is 445 g/mol. The van der Waals surface area contributed by atoms with Gasteiger partial charge in [-0.05, 0) is 30.7 Å². The van der Waals surface area contributed by atoms with Crippen LogP contribution in [0.1, 0.15) is 18.1 Å². The predicted molar refractivity (Wildman–Crippen MR) is 101 cm³/mol. The zero-order valence-corrected chi connectivity index (χ0v) is 16.5. The fourth-order valence-corrected chi connectivity index (χ4v) is 3.34. The van der Waals surface area contributed by atoms with E-state index < -0.39 is 41.5 Å². The normalized spacial score (nSPS) is 20.1. The topological polar surface area (TPSA) is 79.5 Å². The first-order valence-corrected chi connectivity index (χ1v) is 9.15. The molecule has 1 unspecified atom stereocenters. The van der Waals surface area contributed by atoms with E-state index in [1.807, 2.05) is 0 Å². The molecule has 160 valence electrons. The molecular formula is C19H17ClF4N4O2. The Morgan fingerprint density at radius 1 is 1.23 bits per heavy atom. The lowest BCUT2D eigenvalue weighted by Crippen LogP contribution is -2.69. The van der Waals surface area contributed by atoms with Crippen molar-refractivity contribution in [2.24, 2.45) is 5.73 Å². The Bertz CT molecular complexity index is 983. The number of rotatable bonds is 4. The van der Waals surface area contributed by atoms with Gasteiger partial charge in [0.15, 0.2) is 11.6 Å². The van der Waals surface area contributed by atoms with Crippen LogP contribution in [0.5, 0.6) is 0 Å². The standard InChI is InChI=1S/C19H17ClF4N4O2/c1-18(10-25)17(30)27(16-14(21)6-13(20)7-26-16)9-15(29)28(18)8-11-2-4-12(5-3-11)19(22,23)24/h2-7H,8-10,25H2,1H3. The first-order valence-electron chi connectivity index (χ1n) is 8.77. The van der Waals surface area contributed by atoms with Gasteiger partial charge in [0.2, 0.25) is 5.91 Å². The number of pyridine rings is 1. The van der Waals surface area contributed by atoms with Crippen molar-refractivity contribution in [3.63, 3.8) is 0 Å². The van der Waals surface area contributed by atoms with E-state index in [-0.39, 0.29) is 23.9 Å². The molecule has 11 heteroatoms. The second-order valence-corrected chi connectivity index (χ2v) is 7.44. The highest BCUT2D eigenvalue weighted by atomic mass is 35.5. The molecule has 1 atom stereocenters. The molecule has 3 rings (SSSR count). The maximum absolute atomic E-state index is 14.3. The molecule has 1 aromatic carbocycles. The fraction of sp³-hybridized carbons (Fsp3) is 0.316. The van der Waals surface area contributed by atoms with Gasteiger partial charge in [0.25, 0.3) is 5.91 Å². The minimum atomic E-state index is -4.49. The van der Waals surface area contributed by atoms with Crippen LogP contribution in [0.2, 0.25) is 5.02 Å². The van der Waals surface area contributed by atoms with Gasteiger partial charge < -0.3 is 10.6 Å². The van der Waals surface area contributed by atoms with Crippen LogP contribution in [0.3, 0.4) is 0 Å². The van der Waals surface area contributed by atoms with Crippen molar-refractivity contribution < 1.29 is 27.2 Å². The molecule has 0 bridgehead atoms. The van der Waals surface area contributed by atoms with E-state index in [0.29, 0.717) is 5.56 Å². The highest BCUT2D eigenvalue weighted by molar-refractivity contribution is 6.30. The Hall–Kier alpha value is -2.72. The monoisotopic (exact) mass is 444 g/mol. The van der Waals surface area contributed by atoms with E-state index in [1.54, 1.807) is 0 Å². The molecule has 0 saturated carbocycles. The largest absolute Gasteiger partial charge is 0.416 e. The van der Waals surface area contributed by atoms with E-state index in [0.717, 1.165) is 29.3 Å². The molecule has 2 amide bonds. The maximum Gasteiger partial charge on any atom is 0.416 e. The molecule has 2 aromatic rings. The third-order valence-electron chi connectivity index (χ3n) is 4.96. The second kappa shape index (κ2) is 7.84. The van der Waals surface area contributed by atoms with Crippen molar-refractivity contribution in [1.82, 2.24) is 9.88 Å². The zero-order chi connectivity index (χ0) is 22.3. The number of hydrogen-bond donors (Lipinski definition) is 1. The van der Waals surface area contributed by atoms with Gasteiger partial charge in [0.05, 0.1) is 10.6 Å². The third kappa shape index (κ3) is 3.97. The first-order chi connectivity index (χ1) is 14.0. The van der Waals surface area contributed by atoms with Gasteiger partial charge in [0.1, 0.15) is 12.1 Å². The predicted octanol–water partition coefficient (Wildman–Crippen LogP) is 2.99. The summed E-state index contributed by atoms with van der Waals surface area (Å²) in [4.78, 5) is 31.8. The molecule has 30 heavy (non-hydrogen) atoms. The fourth-order valence-electron chi connectivity index (χ4n) is 3.19. The summed E-state index contributed by atoms with van der Waals surface area (Å²) in [5.74, 6) is -2.45. The summed E-state index contributed by atoms with van der Waals surface area (Å²) in [6.07, 6.45) is -3.34. The highest BCUT2D eigenvalue weighted by Crippen LogP contribution is 2.32. The molecule has 6 nitrogen and oxygen atoms in total. The number of alkyl halides is 3. The summed E-state index contributed by atoms with van der Waals surface area (Å²) in [7, 11) is 0. The number of halogens is 5. The van der Waals surface area contributed by atoms with E-state index in [4.69, 9.17) is 17.3 Å². The van der Waals surface area contributed by atoms with Crippen molar-refractivity contribution in [3.8, 4) is 0 Å². The lowest BCUT2D eigenvalue weighted by Gasteiger charge is -2.46. The average Bonchev–Trinajstić information content (AvgIpc) is 2.68. The molecule has 1 saturated heterocycles. The van der Waals surface area contributed by atoms with Gasteiger partial charge in [-0.3, -0.25) is 14.5 Å². The smallest absolute Gasteiger partial charge is 0.328 e. The Morgan fingerprint density at radius 2 is 1.87 bits per heavy atom. The van der Waals surface area contributed by atoms with E-state index in [9.17, 15) is 27.2 Å². The molecule has 2 heterocycles. The van der Waals surface area contributed by atoms with Crippen molar-refractivity contribution in [2.45, 2.75) is 25.2 Å². The van der Waals surface area contributed by atoms with Crippen molar-refractivity contribution >= 4 is 29.2 Å². The molecule has 0 aliphatic carbocycles. The molecule has 2 N–H and O–H groups in total. The van der Waals surface area contributed by atoms with Gasteiger partial charge >= 0.3 is 6.18 Å². The van der Waals surface area contributed by atoms with Crippen LogP contribution in [0.25, 0.3) is 0 Å². The van der Waals surface area contributed by atoms with Crippen LogP contribution >= 0.6 is 11.6 Å². The Morgan fingerprint density at radius 3 is 2.40 bits per heavy atom. The van der Waals surface area contributed by atoms with Crippen molar-refractivity contribution in [2.75, 3.05) is 18.0 Å². The number of benzene rings is 1. The number of carbonyl (C=O) groups excluding carboxylic acids is 2. The Balaban J connectivity index is 1.90. The number of nitrogens with zero attached hydrogens (tertiary/aromatic N) is 3. The highest BCUT2D eigenvalue weighted by Gasteiger charge is 2.49. The third-order valence-corrected chi connectivity index (χ3v) is 5.17. The van der Waals surface area contributed by atoms with E-state index >= 15 is 0 Å². The van der Waals surface area contributed by atoms with Gasteiger partial charge in [-0.25, -0.2) is 9.37 Å². The summed E-state index contributed by atoms with van der Waals surface area (Å²) in [5.41, 5.74) is 3.80. The SMILES string of the molecule is CC1(CN)C(=O)N(c2ncc(Cl)cc2F)CC(=O)N1Cc1ccc(C(F)(F)F)cc1. The molecular weight excluding hydrogens is 428 g/mol. The van der Waals surface area contributed by atoms with Gasteiger partial charge in [-0.15, -0.1) is 0 Å². The van der Waals surface area contributed by atoms with Crippen molar-refractivity contribution in [3.05, 3.63) is 58.5 Å². The van der Waals surface area contributed by atoms with Crippen LogP contribution < -0.4 is 10.6 Å². The summed E-state index contributed by atoms with van der Waals surface area (Å²) >= 11 is 5.69. The molecule has 1 aromatic heterocycles. The van der Waals surface area contributed by atoms with Crippen LogP contribution in [-0.2, 0) is 22.3 Å².